The number of rotatable bonds is 8. The molecule has 184 valence electrons. The van der Waals surface area contributed by atoms with Gasteiger partial charge in [0.2, 0.25) is 5.91 Å². The topological polar surface area (TPSA) is 49.9 Å². The van der Waals surface area contributed by atoms with Crippen molar-refractivity contribution < 1.29 is 18.7 Å². The molecule has 0 radical (unpaired) electrons. The maximum absolute atomic E-state index is 14.2. The van der Waals surface area contributed by atoms with Gasteiger partial charge in [-0.3, -0.25) is 9.59 Å². The second-order valence-corrected chi connectivity index (χ2v) is 10.0. The summed E-state index contributed by atoms with van der Waals surface area (Å²) in [7, 11) is 0. The molecule has 1 aliphatic heterocycles. The van der Waals surface area contributed by atoms with Gasteiger partial charge in [0.05, 0.1) is 6.04 Å². The number of carbonyl (C=O) groups is 2. The lowest BCUT2D eigenvalue weighted by Gasteiger charge is -2.38. The average Bonchev–Trinajstić information content (AvgIpc) is 3.35. The molecule has 1 aliphatic rings. The Kier molecular flexibility index (Phi) is 8.08. The van der Waals surface area contributed by atoms with Gasteiger partial charge in [-0.2, -0.15) is 0 Å². The summed E-state index contributed by atoms with van der Waals surface area (Å²) in [5.41, 5.74) is 1.46. The summed E-state index contributed by atoms with van der Waals surface area (Å²) in [5, 5.41) is 2.47. The Morgan fingerprint density at radius 1 is 1.23 bits per heavy atom. The van der Waals surface area contributed by atoms with Gasteiger partial charge in [0.15, 0.2) is 11.6 Å². The number of benzene rings is 2. The van der Waals surface area contributed by atoms with Gasteiger partial charge in [-0.15, -0.1) is 11.3 Å². The zero-order chi connectivity index (χ0) is 24.9. The van der Waals surface area contributed by atoms with E-state index in [1.54, 1.807) is 63.6 Å². The van der Waals surface area contributed by atoms with Crippen LogP contribution in [0.4, 0.5) is 4.39 Å². The highest BCUT2D eigenvalue weighted by Crippen LogP contribution is 2.34. The van der Waals surface area contributed by atoms with Crippen molar-refractivity contribution in [3.8, 4) is 5.75 Å². The summed E-state index contributed by atoms with van der Waals surface area (Å²) in [6.07, 6.45) is 1.44. The number of hydrogen-bond acceptors (Lipinski definition) is 4. The number of para-hydroxylation sites is 1. The molecule has 0 saturated heterocycles. The van der Waals surface area contributed by atoms with Crippen LogP contribution >= 0.6 is 22.9 Å². The Morgan fingerprint density at radius 3 is 2.77 bits per heavy atom. The van der Waals surface area contributed by atoms with Crippen LogP contribution in [-0.2, 0) is 11.2 Å². The first kappa shape index (κ1) is 25.2. The van der Waals surface area contributed by atoms with Crippen molar-refractivity contribution in [2.45, 2.75) is 38.8 Å². The lowest BCUT2D eigenvalue weighted by molar-refractivity contribution is -0.136. The molecular weight excluding hydrogens is 487 g/mol. The van der Waals surface area contributed by atoms with E-state index in [9.17, 15) is 14.0 Å². The van der Waals surface area contributed by atoms with E-state index in [0.717, 1.165) is 12.0 Å². The van der Waals surface area contributed by atoms with E-state index in [0.29, 0.717) is 23.6 Å². The monoisotopic (exact) mass is 514 g/mol. The number of hydrogen-bond donors (Lipinski definition) is 0. The van der Waals surface area contributed by atoms with Crippen molar-refractivity contribution >= 4 is 34.8 Å². The van der Waals surface area contributed by atoms with Crippen LogP contribution in [0.15, 0.2) is 60.0 Å². The molecule has 0 bridgehead atoms. The maximum atomic E-state index is 14.2. The molecule has 2 amide bonds. The Labute approximate surface area is 214 Å². The second-order valence-electron chi connectivity index (χ2n) is 8.59. The van der Waals surface area contributed by atoms with Crippen molar-refractivity contribution in [2.24, 2.45) is 0 Å². The summed E-state index contributed by atoms with van der Waals surface area (Å²) in [4.78, 5) is 31.5. The van der Waals surface area contributed by atoms with Crippen molar-refractivity contribution in [2.75, 3.05) is 19.7 Å². The van der Waals surface area contributed by atoms with Crippen LogP contribution < -0.4 is 4.74 Å². The summed E-state index contributed by atoms with van der Waals surface area (Å²) in [5.74, 6) is -0.691. The van der Waals surface area contributed by atoms with Gasteiger partial charge in [0.25, 0.3) is 5.91 Å². The van der Waals surface area contributed by atoms with E-state index in [1.165, 1.54) is 10.9 Å². The highest BCUT2D eigenvalue weighted by Gasteiger charge is 2.34. The van der Waals surface area contributed by atoms with Crippen molar-refractivity contribution in [1.29, 1.82) is 0 Å². The third-order valence-corrected chi connectivity index (χ3v) is 7.64. The number of nitrogens with zero attached hydrogens (tertiary/aromatic N) is 2. The van der Waals surface area contributed by atoms with Gasteiger partial charge in [-0.1, -0.05) is 36.7 Å². The Balaban J connectivity index is 1.56. The predicted octanol–water partition coefficient (Wildman–Crippen LogP) is 5.99. The molecule has 0 spiro atoms. The van der Waals surface area contributed by atoms with Crippen LogP contribution in [0, 0.1) is 5.82 Å². The van der Waals surface area contributed by atoms with Gasteiger partial charge in [0.1, 0.15) is 13.2 Å². The first-order chi connectivity index (χ1) is 16.9. The van der Waals surface area contributed by atoms with E-state index < -0.39 is 5.82 Å². The minimum absolute atomic E-state index is 0.0595. The predicted molar refractivity (Wildman–Crippen MR) is 137 cm³/mol. The number of fused-ring (bicyclic) bond motifs is 1. The first-order valence-corrected chi connectivity index (χ1v) is 12.9. The van der Waals surface area contributed by atoms with Crippen molar-refractivity contribution in [3.63, 3.8) is 0 Å². The van der Waals surface area contributed by atoms with Crippen LogP contribution in [-0.4, -0.2) is 47.4 Å². The van der Waals surface area contributed by atoms with Crippen LogP contribution in [0.1, 0.15) is 47.1 Å². The largest absolute Gasteiger partial charge is 0.488 e. The highest BCUT2D eigenvalue weighted by molar-refractivity contribution is 7.10. The molecule has 0 unspecified atom stereocenters. The Bertz CT molecular complexity index is 1200. The van der Waals surface area contributed by atoms with Crippen LogP contribution in [0.2, 0.25) is 5.02 Å². The summed E-state index contributed by atoms with van der Waals surface area (Å²) in [6.45, 7) is 4.49. The van der Waals surface area contributed by atoms with Crippen LogP contribution in [0.3, 0.4) is 0 Å². The van der Waals surface area contributed by atoms with Crippen LogP contribution in [0.25, 0.3) is 0 Å². The molecule has 35 heavy (non-hydrogen) atoms. The third kappa shape index (κ3) is 5.68. The molecule has 2 heterocycles. The molecular formula is C27H28ClFN2O3S. The zero-order valence-corrected chi connectivity index (χ0v) is 21.3. The summed E-state index contributed by atoms with van der Waals surface area (Å²) < 4.78 is 20.0. The minimum Gasteiger partial charge on any atom is -0.488 e. The normalized spacial score (nSPS) is 15.9. The van der Waals surface area contributed by atoms with Gasteiger partial charge in [-0.25, -0.2) is 4.39 Å². The fraction of sp³-hybridized carbons (Fsp3) is 0.333. The number of ether oxygens (including phenoxy) is 1. The Morgan fingerprint density at radius 2 is 2.03 bits per heavy atom. The van der Waals surface area contributed by atoms with E-state index in [2.05, 4.69) is 0 Å². The van der Waals surface area contributed by atoms with Crippen molar-refractivity contribution in [1.82, 2.24) is 9.80 Å². The number of amides is 2. The van der Waals surface area contributed by atoms with Crippen molar-refractivity contribution in [3.05, 3.63) is 86.8 Å². The molecule has 0 N–H and O–H groups in total. The van der Waals surface area contributed by atoms with E-state index in [4.69, 9.17) is 16.3 Å². The number of carbonyl (C=O) groups excluding carboxylic acids is 2. The Hall–Kier alpha value is -2.90. The fourth-order valence-electron chi connectivity index (χ4n) is 4.28. The van der Waals surface area contributed by atoms with E-state index in [-0.39, 0.29) is 42.8 Å². The fourth-order valence-corrected chi connectivity index (χ4v) is 5.40. The van der Waals surface area contributed by atoms with Gasteiger partial charge in [0, 0.05) is 28.0 Å². The average molecular weight is 515 g/mol. The lowest BCUT2D eigenvalue weighted by Crippen LogP contribution is -2.49. The van der Waals surface area contributed by atoms with Gasteiger partial charge in [-0.05, 0) is 67.1 Å². The number of thiophene rings is 1. The third-order valence-electron chi connectivity index (χ3n) is 6.41. The second kappa shape index (κ2) is 11.2. The molecule has 1 aromatic heterocycles. The molecule has 8 heteroatoms. The maximum Gasteiger partial charge on any atom is 0.254 e. The van der Waals surface area contributed by atoms with Gasteiger partial charge >= 0.3 is 0 Å². The SMILES string of the molecule is CC[C@@H](C)N(CC(=O)N1CCc2sccc2[C@H]1COc1ccccc1F)C(=O)c1cccc(Cl)c1. The smallest absolute Gasteiger partial charge is 0.254 e. The molecule has 0 aliphatic carbocycles. The van der Waals surface area contributed by atoms with Crippen LogP contribution in [0.5, 0.6) is 5.75 Å². The minimum atomic E-state index is -0.443. The van der Waals surface area contributed by atoms with E-state index >= 15 is 0 Å². The molecule has 5 nitrogen and oxygen atoms in total. The molecule has 3 aromatic rings. The first-order valence-electron chi connectivity index (χ1n) is 11.7. The van der Waals surface area contributed by atoms with Gasteiger partial charge < -0.3 is 14.5 Å². The van der Waals surface area contributed by atoms with E-state index in [1.807, 2.05) is 25.3 Å². The molecule has 4 rings (SSSR count). The molecule has 2 atom stereocenters. The standard InChI is InChI=1S/C27H28ClFN2O3S/c1-3-18(2)31(27(33)19-7-6-8-20(28)15-19)16-26(32)30-13-11-25-21(12-14-35-25)23(30)17-34-24-10-5-4-9-22(24)29/h4-10,12,14-15,18,23H,3,11,13,16-17H2,1-2H3/t18-,23-/m1/s1. The molecule has 2 aromatic carbocycles. The molecule has 0 saturated carbocycles. The number of halogens is 2. The summed E-state index contributed by atoms with van der Waals surface area (Å²) >= 11 is 7.75. The zero-order valence-electron chi connectivity index (χ0n) is 19.7. The lowest BCUT2D eigenvalue weighted by atomic mass is 10.00. The highest BCUT2D eigenvalue weighted by atomic mass is 35.5. The molecule has 0 fully saturated rings. The quantitative estimate of drug-likeness (QED) is 0.371. The summed E-state index contributed by atoms with van der Waals surface area (Å²) in [6, 6.07) is 14.5.